The molecule has 2 aliphatic rings. The molecule has 2 aliphatic heterocycles. The minimum Gasteiger partial charge on any atom is -0.383 e. The van der Waals surface area contributed by atoms with Crippen molar-refractivity contribution in [2.45, 2.75) is 58.4 Å². The summed E-state index contributed by atoms with van der Waals surface area (Å²) in [5.41, 5.74) is 3.49. The Hall–Kier alpha value is -1.02. The van der Waals surface area contributed by atoms with Crippen molar-refractivity contribution in [3.63, 3.8) is 0 Å². The number of aryl methyl sites for hydroxylation is 1. The van der Waals surface area contributed by atoms with Gasteiger partial charge in [-0.1, -0.05) is 44.9 Å². The van der Waals surface area contributed by atoms with Crippen LogP contribution >= 0.6 is 0 Å². The third-order valence-corrected chi connectivity index (χ3v) is 6.17. The van der Waals surface area contributed by atoms with Gasteiger partial charge in [0.25, 0.3) is 0 Å². The number of nitrogens with zero attached hydrogens (tertiary/aromatic N) is 1. The summed E-state index contributed by atoms with van der Waals surface area (Å²) in [7, 11) is 0. The molecule has 1 N–H and O–H groups in total. The summed E-state index contributed by atoms with van der Waals surface area (Å²) in [5, 5.41) is 3.68. The van der Waals surface area contributed by atoms with Crippen LogP contribution in [0.15, 0.2) is 24.3 Å². The first-order chi connectivity index (χ1) is 10.3. The number of likely N-dealkylation sites (tertiary alicyclic amines) is 1. The van der Waals surface area contributed by atoms with Crippen molar-refractivity contribution in [2.24, 2.45) is 5.41 Å². The fourth-order valence-electron chi connectivity index (χ4n) is 4.19. The maximum absolute atomic E-state index is 3.68. The molecule has 0 saturated carbocycles. The zero-order chi connectivity index (χ0) is 14.7. The molecule has 0 aromatic heterocycles. The monoisotopic (exact) mass is 286 g/mol. The van der Waals surface area contributed by atoms with Gasteiger partial charge in [0.2, 0.25) is 0 Å². The van der Waals surface area contributed by atoms with E-state index >= 15 is 0 Å². The Labute approximate surface area is 129 Å². The highest BCUT2D eigenvalue weighted by Crippen LogP contribution is 2.39. The van der Waals surface area contributed by atoms with Gasteiger partial charge in [-0.25, -0.2) is 0 Å². The van der Waals surface area contributed by atoms with E-state index in [2.05, 4.69) is 48.3 Å². The van der Waals surface area contributed by atoms with Gasteiger partial charge in [-0.3, -0.25) is 4.90 Å². The molecule has 0 bridgehead atoms. The van der Waals surface area contributed by atoms with E-state index in [4.69, 9.17) is 0 Å². The smallest absolute Gasteiger partial charge is 0.0373 e. The second-order valence-electron chi connectivity index (χ2n) is 6.97. The Bertz CT molecular complexity index is 427. The lowest BCUT2D eigenvalue weighted by atomic mass is 9.74. The Balaban J connectivity index is 1.60. The van der Waals surface area contributed by atoms with E-state index in [1.54, 1.807) is 0 Å². The molecule has 0 spiro atoms. The molecular formula is C19H30N2. The van der Waals surface area contributed by atoms with Crippen molar-refractivity contribution in [3.05, 3.63) is 29.8 Å². The molecule has 1 atom stereocenters. The fourth-order valence-corrected chi connectivity index (χ4v) is 4.19. The van der Waals surface area contributed by atoms with Gasteiger partial charge in [0.1, 0.15) is 0 Å². The van der Waals surface area contributed by atoms with Gasteiger partial charge in [-0.15, -0.1) is 0 Å². The summed E-state index contributed by atoms with van der Waals surface area (Å²) in [5.74, 6) is 0. The molecule has 2 heteroatoms. The lowest BCUT2D eigenvalue weighted by molar-refractivity contribution is 0.0673. The maximum atomic E-state index is 3.68. The third-order valence-electron chi connectivity index (χ3n) is 6.17. The number of anilines is 1. The number of para-hydroxylation sites is 1. The summed E-state index contributed by atoms with van der Waals surface area (Å²) in [6.45, 7) is 8.46. The van der Waals surface area contributed by atoms with Crippen LogP contribution in [0, 0.1) is 5.41 Å². The van der Waals surface area contributed by atoms with E-state index in [1.807, 2.05) is 0 Å². The van der Waals surface area contributed by atoms with Crippen LogP contribution in [0.25, 0.3) is 0 Å². The molecule has 0 radical (unpaired) electrons. The fraction of sp³-hybridized carbons (Fsp3) is 0.684. The Morgan fingerprint density at radius 1 is 1.14 bits per heavy atom. The van der Waals surface area contributed by atoms with E-state index in [-0.39, 0.29) is 0 Å². The summed E-state index contributed by atoms with van der Waals surface area (Å²) < 4.78 is 0. The van der Waals surface area contributed by atoms with Crippen LogP contribution < -0.4 is 5.32 Å². The number of benzene rings is 1. The first-order valence-corrected chi connectivity index (χ1v) is 8.82. The number of fused-ring (bicyclic) bond motifs is 1. The summed E-state index contributed by atoms with van der Waals surface area (Å²) in [4.78, 5) is 2.75. The average Bonchev–Trinajstić information content (AvgIpc) is 2.78. The highest BCUT2D eigenvalue weighted by molar-refractivity contribution is 5.52. The van der Waals surface area contributed by atoms with E-state index < -0.39 is 0 Å². The second-order valence-corrected chi connectivity index (χ2v) is 6.97. The van der Waals surface area contributed by atoms with Crippen LogP contribution in [0.3, 0.4) is 0 Å². The van der Waals surface area contributed by atoms with Crippen LogP contribution in [-0.4, -0.2) is 30.6 Å². The van der Waals surface area contributed by atoms with Gasteiger partial charge in [-0.2, -0.15) is 0 Å². The largest absolute Gasteiger partial charge is 0.383 e. The van der Waals surface area contributed by atoms with Gasteiger partial charge in [0, 0.05) is 18.3 Å². The molecule has 3 rings (SSSR count). The van der Waals surface area contributed by atoms with Crippen molar-refractivity contribution in [3.8, 4) is 0 Å². The molecule has 1 unspecified atom stereocenters. The van der Waals surface area contributed by atoms with Gasteiger partial charge < -0.3 is 5.32 Å². The van der Waals surface area contributed by atoms with E-state index in [9.17, 15) is 0 Å². The summed E-state index contributed by atoms with van der Waals surface area (Å²) in [6, 6.07) is 9.53. The first-order valence-electron chi connectivity index (χ1n) is 8.82. The predicted molar refractivity (Wildman–Crippen MR) is 90.9 cm³/mol. The van der Waals surface area contributed by atoms with Crippen LogP contribution in [0.4, 0.5) is 5.69 Å². The van der Waals surface area contributed by atoms with Gasteiger partial charge in [0.05, 0.1) is 0 Å². The molecule has 1 saturated heterocycles. The molecular weight excluding hydrogens is 256 g/mol. The molecule has 1 aromatic rings. The van der Waals surface area contributed by atoms with Crippen LogP contribution in [0.2, 0.25) is 0 Å². The highest BCUT2D eigenvalue weighted by Gasteiger charge is 2.33. The van der Waals surface area contributed by atoms with Crippen molar-refractivity contribution < 1.29 is 0 Å². The van der Waals surface area contributed by atoms with E-state index in [0.29, 0.717) is 11.5 Å². The average molecular weight is 286 g/mol. The molecule has 1 aromatic carbocycles. The number of rotatable bonds is 3. The SMILES string of the molecule is CCC1(CC)CCN(C2CCc3ccccc3NC2)CC1. The van der Waals surface area contributed by atoms with Crippen molar-refractivity contribution in [1.29, 1.82) is 0 Å². The van der Waals surface area contributed by atoms with Crippen molar-refractivity contribution in [1.82, 2.24) is 4.90 Å². The molecule has 1 fully saturated rings. The third kappa shape index (κ3) is 3.11. The highest BCUT2D eigenvalue weighted by atomic mass is 15.2. The predicted octanol–water partition coefficient (Wildman–Crippen LogP) is 4.32. The zero-order valence-corrected chi connectivity index (χ0v) is 13.7. The van der Waals surface area contributed by atoms with Crippen LogP contribution in [-0.2, 0) is 6.42 Å². The van der Waals surface area contributed by atoms with Crippen LogP contribution in [0.5, 0.6) is 0 Å². The molecule has 0 amide bonds. The lowest BCUT2D eigenvalue weighted by Crippen LogP contribution is -2.47. The normalized spacial score (nSPS) is 25.7. The number of hydrogen-bond acceptors (Lipinski definition) is 2. The maximum Gasteiger partial charge on any atom is 0.0373 e. The molecule has 0 aliphatic carbocycles. The van der Waals surface area contributed by atoms with Gasteiger partial charge in [-0.05, 0) is 55.8 Å². The minimum atomic E-state index is 0.637. The Kier molecular flexibility index (Phi) is 4.54. The topological polar surface area (TPSA) is 15.3 Å². The standard InChI is InChI=1S/C19H30N2/c1-3-19(4-2)11-13-21(14-12-19)17-10-9-16-7-5-6-8-18(16)20-15-17/h5-8,17,20H,3-4,9-15H2,1-2H3. The Morgan fingerprint density at radius 2 is 1.86 bits per heavy atom. The summed E-state index contributed by atoms with van der Waals surface area (Å²) >= 11 is 0. The summed E-state index contributed by atoms with van der Waals surface area (Å²) in [6.07, 6.45) is 8.01. The molecule has 2 nitrogen and oxygen atoms in total. The quantitative estimate of drug-likeness (QED) is 0.890. The van der Waals surface area contributed by atoms with Gasteiger partial charge in [0.15, 0.2) is 0 Å². The van der Waals surface area contributed by atoms with Crippen molar-refractivity contribution in [2.75, 3.05) is 25.0 Å². The lowest BCUT2D eigenvalue weighted by Gasteiger charge is -2.44. The number of hydrogen-bond donors (Lipinski definition) is 1. The number of piperidine rings is 1. The van der Waals surface area contributed by atoms with E-state index in [0.717, 1.165) is 6.54 Å². The zero-order valence-electron chi connectivity index (χ0n) is 13.7. The molecule has 2 heterocycles. The molecule has 116 valence electrons. The first kappa shape index (κ1) is 14.9. The minimum absolute atomic E-state index is 0.637. The second kappa shape index (κ2) is 6.39. The molecule has 21 heavy (non-hydrogen) atoms. The van der Waals surface area contributed by atoms with Crippen LogP contribution in [0.1, 0.15) is 51.5 Å². The van der Waals surface area contributed by atoms with Gasteiger partial charge >= 0.3 is 0 Å². The number of nitrogens with one attached hydrogen (secondary N) is 1. The Morgan fingerprint density at radius 3 is 2.57 bits per heavy atom. The van der Waals surface area contributed by atoms with Crippen molar-refractivity contribution >= 4 is 5.69 Å². The van der Waals surface area contributed by atoms with E-state index in [1.165, 1.54) is 62.9 Å².